The number of carboxylic acid groups (broad SMARTS) is 1. The lowest BCUT2D eigenvalue weighted by molar-refractivity contribution is 0.0696. The third kappa shape index (κ3) is 2.77. The van der Waals surface area contributed by atoms with Gasteiger partial charge >= 0.3 is 5.97 Å². The number of methoxy groups -OCH3 is 1. The highest BCUT2D eigenvalue weighted by molar-refractivity contribution is 5.89. The third-order valence-electron chi connectivity index (χ3n) is 2.91. The molecule has 0 heterocycles. The van der Waals surface area contributed by atoms with Crippen LogP contribution in [0, 0.1) is 0 Å². The van der Waals surface area contributed by atoms with Crippen LogP contribution in [0.1, 0.15) is 22.3 Å². The summed E-state index contributed by atoms with van der Waals surface area (Å²) in [5, 5.41) is 8.87. The Morgan fingerprint density at radius 1 is 1.20 bits per heavy atom. The number of alkyl halides is 2. The average molecular weight is 278 g/mol. The molecule has 0 radical (unpaired) electrons. The summed E-state index contributed by atoms with van der Waals surface area (Å²) in [4.78, 5) is 10.9. The molecular weight excluding hydrogens is 266 g/mol. The van der Waals surface area contributed by atoms with Gasteiger partial charge in [-0.25, -0.2) is 13.6 Å². The first kappa shape index (κ1) is 14.0. The van der Waals surface area contributed by atoms with Crippen LogP contribution in [-0.4, -0.2) is 18.2 Å². The predicted octanol–water partition coefficient (Wildman–Crippen LogP) is 4.00. The van der Waals surface area contributed by atoms with Crippen molar-refractivity contribution in [2.24, 2.45) is 0 Å². The Balaban J connectivity index is 2.57. The predicted molar refractivity (Wildman–Crippen MR) is 70.3 cm³/mol. The van der Waals surface area contributed by atoms with Crippen molar-refractivity contribution in [3.63, 3.8) is 0 Å². The second kappa shape index (κ2) is 5.69. The van der Waals surface area contributed by atoms with E-state index < -0.39 is 12.4 Å². The zero-order valence-corrected chi connectivity index (χ0v) is 10.6. The number of benzene rings is 2. The van der Waals surface area contributed by atoms with E-state index in [9.17, 15) is 13.6 Å². The molecule has 0 saturated heterocycles. The lowest BCUT2D eigenvalue weighted by Crippen LogP contribution is -1.99. The molecule has 2 aromatic rings. The molecule has 0 unspecified atom stereocenters. The minimum atomic E-state index is -2.75. The summed E-state index contributed by atoms with van der Waals surface area (Å²) in [6.07, 6.45) is -2.75. The van der Waals surface area contributed by atoms with Crippen molar-refractivity contribution < 1.29 is 23.4 Å². The van der Waals surface area contributed by atoms with Crippen LogP contribution in [0.5, 0.6) is 5.75 Å². The number of rotatable bonds is 4. The van der Waals surface area contributed by atoms with Crippen LogP contribution in [0.4, 0.5) is 8.78 Å². The molecule has 2 rings (SSSR count). The summed E-state index contributed by atoms with van der Waals surface area (Å²) in [6.45, 7) is 0. The molecule has 0 aliphatic carbocycles. The maximum Gasteiger partial charge on any atom is 0.335 e. The minimum Gasteiger partial charge on any atom is -0.497 e. The summed E-state index contributed by atoms with van der Waals surface area (Å²) in [6, 6.07) is 10.4. The summed E-state index contributed by atoms with van der Waals surface area (Å²) in [7, 11) is 1.49. The van der Waals surface area contributed by atoms with E-state index in [-0.39, 0.29) is 11.1 Å². The highest BCUT2D eigenvalue weighted by Gasteiger charge is 2.17. The van der Waals surface area contributed by atoms with Crippen molar-refractivity contribution in [2.75, 3.05) is 7.11 Å². The van der Waals surface area contributed by atoms with Crippen molar-refractivity contribution in [1.82, 2.24) is 0 Å². The van der Waals surface area contributed by atoms with Gasteiger partial charge in [-0.1, -0.05) is 18.2 Å². The van der Waals surface area contributed by atoms with E-state index in [0.29, 0.717) is 16.9 Å². The molecule has 2 aromatic carbocycles. The number of hydrogen-bond acceptors (Lipinski definition) is 2. The first-order valence-corrected chi connectivity index (χ1v) is 5.82. The van der Waals surface area contributed by atoms with Gasteiger partial charge in [-0.2, -0.15) is 0 Å². The maximum atomic E-state index is 13.1. The van der Waals surface area contributed by atoms with Crippen molar-refractivity contribution in [2.45, 2.75) is 6.43 Å². The third-order valence-corrected chi connectivity index (χ3v) is 2.91. The molecule has 20 heavy (non-hydrogen) atoms. The molecule has 104 valence electrons. The molecule has 5 heteroatoms. The Morgan fingerprint density at radius 3 is 2.55 bits per heavy atom. The summed E-state index contributed by atoms with van der Waals surface area (Å²) in [5.74, 6) is -0.686. The van der Waals surface area contributed by atoms with Gasteiger partial charge in [-0.3, -0.25) is 0 Å². The Bertz CT molecular complexity index is 639. The smallest absolute Gasteiger partial charge is 0.335 e. The van der Waals surface area contributed by atoms with Crippen LogP contribution in [0.3, 0.4) is 0 Å². The van der Waals surface area contributed by atoms with E-state index in [1.165, 1.54) is 19.2 Å². The topological polar surface area (TPSA) is 46.5 Å². The van der Waals surface area contributed by atoms with Gasteiger partial charge in [0.15, 0.2) is 0 Å². The number of carboxylic acids is 1. The molecular formula is C15H12F2O3. The number of ether oxygens (including phenoxy) is 1. The van der Waals surface area contributed by atoms with Gasteiger partial charge in [-0.05, 0) is 35.4 Å². The number of halogens is 2. The highest BCUT2D eigenvalue weighted by atomic mass is 19.3. The minimum absolute atomic E-state index is 0.160. The number of carbonyl (C=O) groups is 1. The van der Waals surface area contributed by atoms with E-state index in [1.807, 2.05) is 0 Å². The second-order valence-electron chi connectivity index (χ2n) is 4.14. The molecule has 0 atom stereocenters. The molecule has 3 nitrogen and oxygen atoms in total. The first-order chi connectivity index (χ1) is 9.52. The second-order valence-corrected chi connectivity index (χ2v) is 4.14. The van der Waals surface area contributed by atoms with E-state index >= 15 is 0 Å². The van der Waals surface area contributed by atoms with Crippen molar-refractivity contribution in [3.8, 4) is 16.9 Å². The molecule has 1 N–H and O–H groups in total. The maximum absolute atomic E-state index is 13.1. The summed E-state index contributed by atoms with van der Waals surface area (Å²) in [5.41, 5.74) is 0.380. The average Bonchev–Trinajstić information content (AvgIpc) is 2.46. The Morgan fingerprint density at radius 2 is 1.95 bits per heavy atom. The van der Waals surface area contributed by atoms with Gasteiger partial charge in [0, 0.05) is 5.56 Å². The van der Waals surface area contributed by atoms with Crippen molar-refractivity contribution >= 4 is 5.97 Å². The Labute approximate surface area is 114 Å². The van der Waals surface area contributed by atoms with Crippen LogP contribution in [0.25, 0.3) is 11.1 Å². The van der Waals surface area contributed by atoms with Crippen LogP contribution >= 0.6 is 0 Å². The molecule has 0 fully saturated rings. The van der Waals surface area contributed by atoms with Crippen molar-refractivity contribution in [1.29, 1.82) is 0 Å². The van der Waals surface area contributed by atoms with Gasteiger partial charge < -0.3 is 9.84 Å². The normalized spacial score (nSPS) is 10.6. The van der Waals surface area contributed by atoms with E-state index in [2.05, 4.69) is 0 Å². The van der Waals surface area contributed by atoms with Gasteiger partial charge in [0.2, 0.25) is 0 Å². The highest BCUT2D eigenvalue weighted by Crippen LogP contribution is 2.33. The number of aromatic carboxylic acids is 1. The molecule has 0 spiro atoms. The lowest BCUT2D eigenvalue weighted by Gasteiger charge is -2.11. The van der Waals surface area contributed by atoms with Crippen LogP contribution < -0.4 is 4.74 Å². The summed E-state index contributed by atoms with van der Waals surface area (Å²) < 4.78 is 31.3. The van der Waals surface area contributed by atoms with E-state index in [0.717, 1.165) is 6.07 Å². The van der Waals surface area contributed by atoms with Gasteiger partial charge in [0.25, 0.3) is 6.43 Å². The molecule has 0 aliphatic rings. The molecule has 0 saturated carbocycles. The first-order valence-electron chi connectivity index (χ1n) is 5.82. The van der Waals surface area contributed by atoms with E-state index in [4.69, 9.17) is 9.84 Å². The molecule has 0 amide bonds. The summed E-state index contributed by atoms with van der Waals surface area (Å²) >= 11 is 0. The fourth-order valence-electron chi connectivity index (χ4n) is 1.93. The van der Waals surface area contributed by atoms with Crippen LogP contribution in [0.15, 0.2) is 42.5 Å². The van der Waals surface area contributed by atoms with E-state index in [1.54, 1.807) is 24.3 Å². The molecule has 0 aromatic heterocycles. The zero-order valence-electron chi connectivity index (χ0n) is 10.6. The fourth-order valence-corrected chi connectivity index (χ4v) is 1.93. The van der Waals surface area contributed by atoms with Gasteiger partial charge in [0.05, 0.1) is 12.7 Å². The van der Waals surface area contributed by atoms with Crippen molar-refractivity contribution in [3.05, 3.63) is 53.6 Å². The number of hydrogen-bond donors (Lipinski definition) is 1. The van der Waals surface area contributed by atoms with Crippen LogP contribution in [-0.2, 0) is 0 Å². The largest absolute Gasteiger partial charge is 0.497 e. The fraction of sp³-hybridized carbons (Fsp3) is 0.133. The molecule has 0 aliphatic heterocycles. The zero-order chi connectivity index (χ0) is 14.7. The monoisotopic (exact) mass is 278 g/mol. The van der Waals surface area contributed by atoms with Gasteiger partial charge in [0.1, 0.15) is 5.75 Å². The van der Waals surface area contributed by atoms with Crippen LogP contribution in [0.2, 0.25) is 0 Å². The van der Waals surface area contributed by atoms with Gasteiger partial charge in [-0.15, -0.1) is 0 Å². The SMILES string of the molecule is COc1cccc(-c2ccc(C(=O)O)cc2C(F)F)c1. The molecule has 0 bridgehead atoms. The Hall–Kier alpha value is -2.43. The quantitative estimate of drug-likeness (QED) is 0.919. The lowest BCUT2D eigenvalue weighted by atomic mass is 9.97. The Kier molecular flexibility index (Phi) is 3.98. The standard InChI is InChI=1S/C15H12F2O3/c1-20-11-4-2-3-9(7-11)12-6-5-10(15(18)19)8-13(12)14(16)17/h2-8,14H,1H3,(H,18,19).